The third-order valence-electron chi connectivity index (χ3n) is 8.02. The number of amides is 3. The molecule has 1 atom stereocenters. The molecule has 0 radical (unpaired) electrons. The second-order valence-corrected chi connectivity index (χ2v) is 13.1. The Kier molecular flexibility index (Phi) is 10.3. The smallest absolute Gasteiger partial charge is 0.410 e. The molecule has 42 heavy (non-hydrogen) atoms. The number of carbonyl (C=O) groups excluding carboxylic acids is 3. The number of hydrogen-bond donors (Lipinski definition) is 0. The Morgan fingerprint density at radius 3 is 2.55 bits per heavy atom. The van der Waals surface area contributed by atoms with Crippen LogP contribution in [0.25, 0.3) is 0 Å². The first-order valence-electron chi connectivity index (χ1n) is 15.1. The predicted octanol–water partition coefficient (Wildman–Crippen LogP) is 5.29. The number of carbonyl (C=O) groups is 3. The van der Waals surface area contributed by atoms with E-state index in [0.717, 1.165) is 25.7 Å². The van der Waals surface area contributed by atoms with Crippen molar-refractivity contribution in [1.82, 2.24) is 9.80 Å². The maximum absolute atomic E-state index is 14.2. The van der Waals surface area contributed by atoms with E-state index in [-0.39, 0.29) is 35.0 Å². The second kappa shape index (κ2) is 13.4. The van der Waals surface area contributed by atoms with Crippen molar-refractivity contribution < 1.29 is 33.3 Å². The number of hydrogen-bond acceptors (Lipinski definition) is 7. The molecular weight excluding hydrogens is 562 g/mol. The number of unbranched alkanes of at least 4 members (excludes halogenated alkanes) is 1. The Balaban J connectivity index is 1.64. The first kappa shape index (κ1) is 32.4. The van der Waals surface area contributed by atoms with Crippen LogP contribution < -0.4 is 9.64 Å². The van der Waals surface area contributed by atoms with E-state index in [0.29, 0.717) is 69.3 Å². The summed E-state index contributed by atoms with van der Waals surface area (Å²) >= 11 is 6.80. The molecular formula is C31H46ClN3O7. The van der Waals surface area contributed by atoms with Gasteiger partial charge in [-0.25, -0.2) is 4.79 Å². The van der Waals surface area contributed by atoms with Gasteiger partial charge in [-0.15, -0.1) is 0 Å². The van der Waals surface area contributed by atoms with Crippen LogP contribution in [0.2, 0.25) is 5.02 Å². The van der Waals surface area contributed by atoms with Crippen molar-refractivity contribution in [2.75, 3.05) is 51.5 Å². The molecule has 0 saturated carbocycles. The van der Waals surface area contributed by atoms with Gasteiger partial charge in [-0.05, 0) is 66.4 Å². The van der Waals surface area contributed by atoms with Gasteiger partial charge in [-0.3, -0.25) is 9.59 Å². The van der Waals surface area contributed by atoms with Crippen molar-refractivity contribution in [1.29, 1.82) is 0 Å². The summed E-state index contributed by atoms with van der Waals surface area (Å²) < 4.78 is 22.7. The SMILES string of the molecule is COCCCCN1C(=O)C2(CCOCC2)Oc2cc(Cl)c(C(=O)N(C(C)C)[C@@H]3CCCN(C(=O)OC(C)(C)C)C3)cc21. The van der Waals surface area contributed by atoms with E-state index in [1.54, 1.807) is 33.9 Å². The summed E-state index contributed by atoms with van der Waals surface area (Å²) in [5, 5.41) is 0.264. The molecule has 1 spiro atoms. The topological polar surface area (TPSA) is 97.8 Å². The molecule has 0 aliphatic carbocycles. The first-order chi connectivity index (χ1) is 19.9. The Hall–Kier alpha value is -2.56. The molecule has 0 bridgehead atoms. The van der Waals surface area contributed by atoms with Gasteiger partial charge < -0.3 is 33.6 Å². The molecule has 0 aromatic heterocycles. The zero-order valence-electron chi connectivity index (χ0n) is 25.9. The minimum Gasteiger partial charge on any atom is -0.475 e. The third kappa shape index (κ3) is 7.14. The molecule has 0 unspecified atom stereocenters. The lowest BCUT2D eigenvalue weighted by molar-refractivity contribution is -0.144. The molecule has 3 aliphatic rings. The molecule has 10 nitrogen and oxygen atoms in total. The first-order valence-corrected chi connectivity index (χ1v) is 15.5. The summed E-state index contributed by atoms with van der Waals surface area (Å²) in [5.74, 6) is 0.138. The van der Waals surface area contributed by atoms with Gasteiger partial charge in [0.25, 0.3) is 11.8 Å². The number of likely N-dealkylation sites (tertiary alicyclic amines) is 1. The van der Waals surface area contributed by atoms with Gasteiger partial charge >= 0.3 is 6.09 Å². The molecule has 0 N–H and O–H groups in total. The van der Waals surface area contributed by atoms with E-state index in [9.17, 15) is 14.4 Å². The molecule has 2 saturated heterocycles. The molecule has 2 fully saturated rings. The van der Waals surface area contributed by atoms with Crippen LogP contribution in [0.5, 0.6) is 5.75 Å². The van der Waals surface area contributed by atoms with Crippen LogP contribution in [0.15, 0.2) is 12.1 Å². The Bertz CT molecular complexity index is 1150. The fourth-order valence-electron chi connectivity index (χ4n) is 6.00. The fraction of sp³-hybridized carbons (Fsp3) is 0.710. The average molecular weight is 608 g/mol. The number of fused-ring (bicyclic) bond motifs is 1. The number of nitrogens with zero attached hydrogens (tertiary/aromatic N) is 3. The van der Waals surface area contributed by atoms with Gasteiger partial charge in [0, 0.05) is 58.3 Å². The number of ether oxygens (including phenoxy) is 4. The number of piperidine rings is 1. The molecule has 3 aliphatic heterocycles. The van der Waals surface area contributed by atoms with Crippen molar-refractivity contribution in [3.8, 4) is 5.75 Å². The standard InChI is InChI=1S/C31H46ClN3O7/c1-21(2)35(22-10-9-13-33(20-22)29(38)42-30(3,4)5)27(36)23-18-25-26(19-24(23)32)41-31(11-16-40-17-12-31)28(37)34(25)14-7-8-15-39-6/h18-19,21-22H,7-17,20H2,1-6H3/t22-/m1/s1. The Labute approximate surface area is 254 Å². The van der Waals surface area contributed by atoms with Crippen molar-refractivity contribution >= 4 is 35.2 Å². The van der Waals surface area contributed by atoms with Crippen LogP contribution in [0, 0.1) is 0 Å². The zero-order chi connectivity index (χ0) is 30.7. The molecule has 234 valence electrons. The van der Waals surface area contributed by atoms with Crippen LogP contribution in [0.3, 0.4) is 0 Å². The maximum atomic E-state index is 14.2. The summed E-state index contributed by atoms with van der Waals surface area (Å²) in [6, 6.07) is 3.01. The summed E-state index contributed by atoms with van der Waals surface area (Å²) in [4.78, 5) is 46.2. The quantitative estimate of drug-likeness (QED) is 0.370. The van der Waals surface area contributed by atoms with Crippen molar-refractivity contribution in [3.05, 3.63) is 22.7 Å². The third-order valence-corrected chi connectivity index (χ3v) is 8.34. The van der Waals surface area contributed by atoms with Gasteiger partial charge in [0.05, 0.1) is 35.5 Å². The van der Waals surface area contributed by atoms with Crippen molar-refractivity contribution in [3.63, 3.8) is 0 Å². The van der Waals surface area contributed by atoms with Crippen LogP contribution in [0.1, 0.15) is 83.5 Å². The number of halogens is 1. The number of benzene rings is 1. The van der Waals surface area contributed by atoms with E-state index < -0.39 is 11.2 Å². The lowest BCUT2D eigenvalue weighted by atomic mass is 9.89. The van der Waals surface area contributed by atoms with E-state index in [1.165, 1.54) is 0 Å². The zero-order valence-corrected chi connectivity index (χ0v) is 26.6. The summed E-state index contributed by atoms with van der Waals surface area (Å²) in [6.45, 7) is 12.3. The maximum Gasteiger partial charge on any atom is 0.410 e. The van der Waals surface area contributed by atoms with Gasteiger partial charge in [-0.2, -0.15) is 0 Å². The molecule has 1 aromatic carbocycles. The summed E-state index contributed by atoms with van der Waals surface area (Å²) in [5.41, 5.74) is -0.755. The average Bonchev–Trinajstić information content (AvgIpc) is 2.92. The monoisotopic (exact) mass is 607 g/mol. The normalized spacial score (nSPS) is 20.4. The highest BCUT2D eigenvalue weighted by atomic mass is 35.5. The number of rotatable bonds is 8. The van der Waals surface area contributed by atoms with Gasteiger partial charge in [0.15, 0.2) is 5.60 Å². The van der Waals surface area contributed by atoms with Crippen LogP contribution in [-0.2, 0) is 19.0 Å². The van der Waals surface area contributed by atoms with Crippen molar-refractivity contribution in [2.45, 2.75) is 96.4 Å². The molecule has 3 amide bonds. The van der Waals surface area contributed by atoms with Crippen LogP contribution in [0.4, 0.5) is 10.5 Å². The minimum atomic E-state index is -1.00. The summed E-state index contributed by atoms with van der Waals surface area (Å²) in [7, 11) is 1.66. The number of anilines is 1. The second-order valence-electron chi connectivity index (χ2n) is 12.7. The highest BCUT2D eigenvalue weighted by Gasteiger charge is 2.49. The molecule has 3 heterocycles. The van der Waals surface area contributed by atoms with Crippen molar-refractivity contribution in [2.24, 2.45) is 0 Å². The summed E-state index contributed by atoms with van der Waals surface area (Å²) in [6.07, 6.45) is 3.56. The lowest BCUT2D eigenvalue weighted by Gasteiger charge is -2.45. The highest BCUT2D eigenvalue weighted by molar-refractivity contribution is 6.34. The van der Waals surface area contributed by atoms with Gasteiger partial charge in [-0.1, -0.05) is 11.6 Å². The van der Waals surface area contributed by atoms with Crippen LogP contribution in [-0.4, -0.2) is 97.6 Å². The fourth-order valence-corrected chi connectivity index (χ4v) is 6.23. The lowest BCUT2D eigenvalue weighted by Crippen LogP contribution is -2.59. The van der Waals surface area contributed by atoms with E-state index >= 15 is 0 Å². The van der Waals surface area contributed by atoms with E-state index in [4.69, 9.17) is 30.5 Å². The largest absolute Gasteiger partial charge is 0.475 e. The molecule has 11 heteroatoms. The molecule has 1 aromatic rings. The Morgan fingerprint density at radius 1 is 1.19 bits per heavy atom. The van der Waals surface area contributed by atoms with Crippen LogP contribution >= 0.6 is 11.6 Å². The minimum absolute atomic E-state index is 0.113. The Morgan fingerprint density at radius 2 is 1.90 bits per heavy atom. The van der Waals surface area contributed by atoms with E-state index in [1.807, 2.05) is 34.6 Å². The van der Waals surface area contributed by atoms with Gasteiger partial charge in [0.2, 0.25) is 0 Å². The predicted molar refractivity (Wildman–Crippen MR) is 160 cm³/mol. The van der Waals surface area contributed by atoms with E-state index in [2.05, 4.69) is 0 Å². The molecule has 4 rings (SSSR count). The highest BCUT2D eigenvalue weighted by Crippen LogP contribution is 2.44. The van der Waals surface area contributed by atoms with Gasteiger partial charge in [0.1, 0.15) is 11.4 Å². The number of methoxy groups -OCH3 is 1.